The zero-order valence-corrected chi connectivity index (χ0v) is 16.5. The Balaban J connectivity index is 1.40. The molecule has 3 aliphatic rings. The number of aromatic nitrogens is 3. The van der Waals surface area contributed by atoms with Gasteiger partial charge in [-0.15, -0.1) is 0 Å². The molecule has 1 unspecified atom stereocenters. The SMILES string of the molecule is CCCC(N1CCN(c2ncccn2)CC1)n1c(O)c2c(c1O)[C@H]1CC[C@@H]2C1. The summed E-state index contributed by atoms with van der Waals surface area (Å²) < 4.78 is 1.83. The topological polar surface area (TPSA) is 77.7 Å². The molecule has 28 heavy (non-hydrogen) atoms. The van der Waals surface area contributed by atoms with Crippen LogP contribution in [-0.2, 0) is 0 Å². The Morgan fingerprint density at radius 2 is 1.61 bits per heavy atom. The normalized spacial score (nSPS) is 25.2. The minimum atomic E-state index is -0.00570. The molecule has 0 aromatic carbocycles. The van der Waals surface area contributed by atoms with E-state index in [0.717, 1.165) is 75.4 Å². The van der Waals surface area contributed by atoms with Gasteiger partial charge in [0.2, 0.25) is 5.95 Å². The smallest absolute Gasteiger partial charge is 0.225 e. The van der Waals surface area contributed by atoms with E-state index in [2.05, 4.69) is 26.7 Å². The number of anilines is 1. The van der Waals surface area contributed by atoms with E-state index in [-0.39, 0.29) is 6.17 Å². The van der Waals surface area contributed by atoms with Crippen molar-refractivity contribution >= 4 is 5.95 Å². The predicted octanol–water partition coefficient (Wildman–Crippen LogP) is 3.17. The summed E-state index contributed by atoms with van der Waals surface area (Å²) in [7, 11) is 0. The van der Waals surface area contributed by atoms with Crippen molar-refractivity contribution in [3.8, 4) is 11.8 Å². The molecule has 2 fully saturated rings. The van der Waals surface area contributed by atoms with Crippen LogP contribution in [0.5, 0.6) is 11.8 Å². The van der Waals surface area contributed by atoms with Crippen molar-refractivity contribution in [3.63, 3.8) is 0 Å². The van der Waals surface area contributed by atoms with E-state index < -0.39 is 0 Å². The zero-order valence-electron chi connectivity index (χ0n) is 16.5. The lowest BCUT2D eigenvalue weighted by molar-refractivity contribution is 0.105. The summed E-state index contributed by atoms with van der Waals surface area (Å²) in [5.74, 6) is 2.26. The minimum absolute atomic E-state index is 0.00570. The van der Waals surface area contributed by atoms with Crippen molar-refractivity contribution in [1.29, 1.82) is 0 Å². The number of nitrogens with zero attached hydrogens (tertiary/aromatic N) is 5. The first-order valence-corrected chi connectivity index (χ1v) is 10.6. The standard InChI is InChI=1S/C21H29N5O2/c1-2-4-16(24-9-11-25(12-10-24)21-22-7-3-8-23-21)26-19(27)17-14-5-6-15(13-14)18(17)20(26)28/h3,7-8,14-16,27-28H,2,4-6,9-13H2,1H3/t14-,15+,16?. The van der Waals surface area contributed by atoms with Gasteiger partial charge in [0.15, 0.2) is 11.8 Å². The lowest BCUT2D eigenvalue weighted by Gasteiger charge is -2.40. The number of rotatable bonds is 5. The van der Waals surface area contributed by atoms with Crippen LogP contribution in [0, 0.1) is 0 Å². The van der Waals surface area contributed by atoms with Gasteiger partial charge >= 0.3 is 0 Å². The van der Waals surface area contributed by atoms with Crippen LogP contribution in [0.3, 0.4) is 0 Å². The molecular weight excluding hydrogens is 354 g/mol. The molecule has 0 spiro atoms. The minimum Gasteiger partial charge on any atom is -0.494 e. The van der Waals surface area contributed by atoms with Gasteiger partial charge in [0.1, 0.15) is 0 Å². The molecule has 5 rings (SSSR count). The van der Waals surface area contributed by atoms with Crippen LogP contribution >= 0.6 is 0 Å². The summed E-state index contributed by atoms with van der Waals surface area (Å²) in [6, 6.07) is 1.83. The fourth-order valence-corrected chi connectivity index (χ4v) is 5.60. The van der Waals surface area contributed by atoms with Crippen molar-refractivity contribution in [2.75, 3.05) is 31.1 Å². The van der Waals surface area contributed by atoms with Gasteiger partial charge in [0.05, 0.1) is 6.17 Å². The molecule has 2 aromatic rings. The van der Waals surface area contributed by atoms with Crippen molar-refractivity contribution in [2.24, 2.45) is 0 Å². The molecule has 7 heteroatoms. The maximum Gasteiger partial charge on any atom is 0.225 e. The van der Waals surface area contributed by atoms with Crippen molar-refractivity contribution in [2.45, 2.75) is 57.0 Å². The molecule has 1 saturated heterocycles. The van der Waals surface area contributed by atoms with Crippen LogP contribution in [0.25, 0.3) is 0 Å². The molecule has 2 N–H and O–H groups in total. The first kappa shape index (κ1) is 17.8. The molecule has 7 nitrogen and oxygen atoms in total. The Morgan fingerprint density at radius 1 is 1.00 bits per heavy atom. The lowest BCUT2D eigenvalue weighted by atomic mass is 9.95. The number of hydrogen-bond acceptors (Lipinski definition) is 6. The molecule has 3 heterocycles. The van der Waals surface area contributed by atoms with E-state index >= 15 is 0 Å². The highest BCUT2D eigenvalue weighted by Crippen LogP contribution is 2.60. The van der Waals surface area contributed by atoms with Gasteiger partial charge in [0, 0.05) is 49.7 Å². The fraction of sp³-hybridized carbons (Fsp3) is 0.619. The van der Waals surface area contributed by atoms with Gasteiger partial charge in [-0.05, 0) is 43.6 Å². The molecule has 2 aromatic heterocycles. The van der Waals surface area contributed by atoms with Gasteiger partial charge in [-0.25, -0.2) is 9.97 Å². The van der Waals surface area contributed by atoms with Gasteiger partial charge < -0.3 is 15.1 Å². The Kier molecular flexibility index (Phi) is 4.42. The quantitative estimate of drug-likeness (QED) is 0.826. The summed E-state index contributed by atoms with van der Waals surface area (Å²) in [5, 5.41) is 22.1. The van der Waals surface area contributed by atoms with E-state index in [1.165, 1.54) is 0 Å². The monoisotopic (exact) mass is 383 g/mol. The zero-order chi connectivity index (χ0) is 19.3. The van der Waals surface area contributed by atoms with Gasteiger partial charge in [0.25, 0.3) is 0 Å². The summed E-state index contributed by atoms with van der Waals surface area (Å²) in [5.41, 5.74) is 2.07. The highest BCUT2D eigenvalue weighted by Gasteiger charge is 2.45. The van der Waals surface area contributed by atoms with Crippen LogP contribution in [0.15, 0.2) is 18.5 Å². The average Bonchev–Trinajstić information content (AvgIpc) is 3.41. The van der Waals surface area contributed by atoms with Crippen molar-refractivity contribution < 1.29 is 10.2 Å². The molecule has 2 aliphatic carbocycles. The van der Waals surface area contributed by atoms with Gasteiger partial charge in [-0.1, -0.05) is 13.3 Å². The molecular formula is C21H29N5O2. The molecule has 0 amide bonds. The molecule has 0 radical (unpaired) electrons. The Bertz CT molecular complexity index is 811. The highest BCUT2D eigenvalue weighted by molar-refractivity contribution is 5.55. The molecule has 1 aliphatic heterocycles. The maximum absolute atomic E-state index is 11.1. The number of piperazine rings is 1. The van der Waals surface area contributed by atoms with Gasteiger partial charge in [-0.3, -0.25) is 9.47 Å². The Morgan fingerprint density at radius 3 is 2.18 bits per heavy atom. The largest absolute Gasteiger partial charge is 0.494 e. The molecule has 150 valence electrons. The van der Waals surface area contributed by atoms with E-state index in [9.17, 15) is 10.2 Å². The van der Waals surface area contributed by atoms with Crippen LogP contribution in [0.2, 0.25) is 0 Å². The van der Waals surface area contributed by atoms with Crippen LogP contribution in [-0.4, -0.2) is 55.8 Å². The third-order valence-electron chi connectivity index (χ3n) is 6.89. The second-order valence-corrected chi connectivity index (χ2v) is 8.39. The van der Waals surface area contributed by atoms with Crippen molar-refractivity contribution in [3.05, 3.63) is 29.6 Å². The summed E-state index contributed by atoms with van der Waals surface area (Å²) in [6.45, 7) is 5.57. The van der Waals surface area contributed by atoms with Gasteiger partial charge in [-0.2, -0.15) is 0 Å². The van der Waals surface area contributed by atoms with Crippen molar-refractivity contribution in [1.82, 2.24) is 19.4 Å². The van der Waals surface area contributed by atoms with E-state index in [1.807, 2.05) is 10.6 Å². The first-order chi connectivity index (χ1) is 13.7. The summed E-state index contributed by atoms with van der Waals surface area (Å²) in [6.07, 6.45) is 8.84. The summed E-state index contributed by atoms with van der Waals surface area (Å²) in [4.78, 5) is 13.3. The average molecular weight is 383 g/mol. The first-order valence-electron chi connectivity index (χ1n) is 10.6. The fourth-order valence-electron chi connectivity index (χ4n) is 5.60. The lowest BCUT2D eigenvalue weighted by Crippen LogP contribution is -2.49. The Hall–Kier alpha value is -2.28. The molecule has 2 bridgehead atoms. The highest BCUT2D eigenvalue weighted by atomic mass is 16.3. The number of hydrogen-bond donors (Lipinski definition) is 2. The van der Waals surface area contributed by atoms with Crippen LogP contribution in [0.1, 0.15) is 68.2 Å². The van der Waals surface area contributed by atoms with E-state index in [1.54, 1.807) is 12.4 Å². The summed E-state index contributed by atoms with van der Waals surface area (Å²) >= 11 is 0. The second kappa shape index (κ2) is 6.95. The van der Waals surface area contributed by atoms with Crippen LogP contribution in [0.4, 0.5) is 5.95 Å². The Labute approximate surface area is 165 Å². The third-order valence-corrected chi connectivity index (χ3v) is 6.89. The molecule has 3 atom stereocenters. The third kappa shape index (κ3) is 2.67. The maximum atomic E-state index is 11.1. The number of fused-ring (bicyclic) bond motifs is 5. The van der Waals surface area contributed by atoms with E-state index in [4.69, 9.17) is 0 Å². The second-order valence-electron chi connectivity index (χ2n) is 8.39. The predicted molar refractivity (Wildman–Crippen MR) is 107 cm³/mol. The van der Waals surface area contributed by atoms with E-state index in [0.29, 0.717) is 23.6 Å². The molecule has 1 saturated carbocycles. The number of aromatic hydroxyl groups is 2. The van der Waals surface area contributed by atoms with Crippen LogP contribution < -0.4 is 4.90 Å².